The Bertz CT molecular complexity index is 655. The Morgan fingerprint density at radius 3 is 2.76 bits per heavy atom. The van der Waals surface area contributed by atoms with E-state index in [1.165, 1.54) is 20.3 Å². The van der Waals surface area contributed by atoms with Crippen LogP contribution in [0.4, 0.5) is 5.82 Å². The van der Waals surface area contributed by atoms with Gasteiger partial charge in [0.15, 0.2) is 11.5 Å². The van der Waals surface area contributed by atoms with Crippen LogP contribution in [0.2, 0.25) is 5.02 Å². The van der Waals surface area contributed by atoms with E-state index in [9.17, 15) is 4.79 Å². The fourth-order valence-electron chi connectivity index (χ4n) is 1.92. The predicted molar refractivity (Wildman–Crippen MR) is 80.5 cm³/mol. The number of hydrogen-bond donors (Lipinski definition) is 2. The first-order valence-corrected chi connectivity index (χ1v) is 6.73. The number of aryl methyl sites for hydroxylation is 1. The van der Waals surface area contributed by atoms with Gasteiger partial charge < -0.3 is 14.8 Å². The van der Waals surface area contributed by atoms with Crippen molar-refractivity contribution in [2.45, 2.75) is 13.3 Å². The number of methoxy groups -OCH3 is 2. The van der Waals surface area contributed by atoms with Gasteiger partial charge in [-0.1, -0.05) is 18.5 Å². The molecule has 0 saturated heterocycles. The molecule has 0 aliphatic heterocycles. The van der Waals surface area contributed by atoms with E-state index in [-0.39, 0.29) is 5.91 Å². The number of ether oxygens (including phenoxy) is 2. The minimum absolute atomic E-state index is 0.308. The lowest BCUT2D eigenvalue weighted by atomic mass is 10.1. The first kappa shape index (κ1) is 15.2. The molecule has 1 aromatic heterocycles. The molecule has 0 radical (unpaired) electrons. The van der Waals surface area contributed by atoms with Crippen LogP contribution in [0, 0.1) is 0 Å². The van der Waals surface area contributed by atoms with Crippen LogP contribution in [0.3, 0.4) is 0 Å². The minimum Gasteiger partial charge on any atom is -0.493 e. The van der Waals surface area contributed by atoms with E-state index in [2.05, 4.69) is 15.5 Å². The molecule has 2 rings (SSSR count). The summed E-state index contributed by atoms with van der Waals surface area (Å²) in [6.45, 7) is 1.98. The van der Waals surface area contributed by atoms with Gasteiger partial charge in [-0.3, -0.25) is 9.89 Å². The Morgan fingerprint density at radius 1 is 1.38 bits per heavy atom. The second-order valence-corrected chi connectivity index (χ2v) is 4.68. The summed E-state index contributed by atoms with van der Waals surface area (Å²) in [5.41, 5.74) is 1.30. The molecule has 112 valence electrons. The normalized spacial score (nSPS) is 10.3. The third-order valence-electron chi connectivity index (χ3n) is 3.03. The zero-order valence-electron chi connectivity index (χ0n) is 12.0. The second kappa shape index (κ2) is 6.49. The van der Waals surface area contributed by atoms with Gasteiger partial charge in [0.25, 0.3) is 5.91 Å². The average molecular weight is 310 g/mol. The molecule has 1 heterocycles. The molecule has 2 N–H and O–H groups in total. The smallest absolute Gasteiger partial charge is 0.257 e. The lowest BCUT2D eigenvalue weighted by Crippen LogP contribution is -2.13. The Balaban J connectivity index is 2.29. The number of aromatic amines is 1. The molecule has 0 spiro atoms. The highest BCUT2D eigenvalue weighted by Gasteiger charge is 2.16. The first-order valence-electron chi connectivity index (χ1n) is 6.35. The number of halogens is 1. The van der Waals surface area contributed by atoms with E-state index >= 15 is 0 Å². The molecule has 0 unspecified atom stereocenters. The highest BCUT2D eigenvalue weighted by atomic mass is 35.5. The molecule has 1 aromatic carbocycles. The maximum absolute atomic E-state index is 12.3. The first-order chi connectivity index (χ1) is 10.1. The van der Waals surface area contributed by atoms with Crippen molar-refractivity contribution < 1.29 is 14.3 Å². The van der Waals surface area contributed by atoms with Crippen molar-refractivity contribution in [2.75, 3.05) is 19.5 Å². The summed E-state index contributed by atoms with van der Waals surface area (Å²) in [4.78, 5) is 12.3. The lowest BCUT2D eigenvalue weighted by Gasteiger charge is -2.11. The van der Waals surface area contributed by atoms with E-state index in [1.807, 2.05) is 6.92 Å². The summed E-state index contributed by atoms with van der Waals surface area (Å²) in [7, 11) is 2.97. The molecule has 21 heavy (non-hydrogen) atoms. The quantitative estimate of drug-likeness (QED) is 0.890. The summed E-state index contributed by atoms with van der Waals surface area (Å²) in [6.07, 6.45) is 2.44. The maximum Gasteiger partial charge on any atom is 0.257 e. The zero-order valence-corrected chi connectivity index (χ0v) is 12.7. The third kappa shape index (κ3) is 3.11. The fourth-order valence-corrected chi connectivity index (χ4v) is 2.21. The van der Waals surface area contributed by atoms with Crippen molar-refractivity contribution in [3.63, 3.8) is 0 Å². The van der Waals surface area contributed by atoms with E-state index in [0.29, 0.717) is 27.9 Å². The molecule has 1 amide bonds. The lowest BCUT2D eigenvalue weighted by molar-refractivity contribution is 0.102. The summed E-state index contributed by atoms with van der Waals surface area (Å²) in [5.74, 6) is 1.06. The number of nitrogens with zero attached hydrogens (tertiary/aromatic N) is 1. The van der Waals surface area contributed by atoms with Crippen LogP contribution in [0.15, 0.2) is 18.3 Å². The molecule has 0 bridgehead atoms. The van der Waals surface area contributed by atoms with Crippen LogP contribution in [-0.2, 0) is 6.42 Å². The number of nitrogens with one attached hydrogen (secondary N) is 2. The number of carbonyl (C=O) groups is 1. The van der Waals surface area contributed by atoms with Crippen LogP contribution in [0.1, 0.15) is 22.8 Å². The van der Waals surface area contributed by atoms with Gasteiger partial charge in [0, 0.05) is 11.1 Å². The van der Waals surface area contributed by atoms with Crippen LogP contribution in [0.25, 0.3) is 0 Å². The third-order valence-corrected chi connectivity index (χ3v) is 3.31. The van der Waals surface area contributed by atoms with Crippen molar-refractivity contribution in [1.82, 2.24) is 10.2 Å². The van der Waals surface area contributed by atoms with Gasteiger partial charge in [-0.05, 0) is 18.6 Å². The monoisotopic (exact) mass is 309 g/mol. The summed E-state index contributed by atoms with van der Waals surface area (Å²) < 4.78 is 10.3. The van der Waals surface area contributed by atoms with Gasteiger partial charge in [-0.25, -0.2) is 0 Å². The SMILES string of the molecule is CCc1cn[nH]c1NC(=O)c1cc(Cl)c(OC)c(OC)c1. The Labute approximate surface area is 127 Å². The largest absolute Gasteiger partial charge is 0.493 e. The molecule has 2 aromatic rings. The predicted octanol–water partition coefficient (Wildman–Crippen LogP) is 2.90. The molecule has 0 aliphatic carbocycles. The number of hydrogen-bond acceptors (Lipinski definition) is 4. The molecule has 6 nitrogen and oxygen atoms in total. The minimum atomic E-state index is -0.309. The van der Waals surface area contributed by atoms with E-state index in [0.717, 1.165) is 12.0 Å². The molecule has 0 saturated carbocycles. The molecule has 0 atom stereocenters. The number of carbonyl (C=O) groups excluding carboxylic acids is 1. The van der Waals surface area contributed by atoms with Crippen LogP contribution in [0.5, 0.6) is 11.5 Å². The van der Waals surface area contributed by atoms with Crippen molar-refractivity contribution in [3.05, 3.63) is 34.5 Å². The van der Waals surface area contributed by atoms with Gasteiger partial charge in [0.2, 0.25) is 0 Å². The van der Waals surface area contributed by atoms with Crippen LogP contribution in [-0.4, -0.2) is 30.3 Å². The van der Waals surface area contributed by atoms with Gasteiger partial charge in [-0.15, -0.1) is 0 Å². The highest BCUT2D eigenvalue weighted by Crippen LogP contribution is 2.36. The Morgan fingerprint density at radius 2 is 2.14 bits per heavy atom. The van der Waals surface area contributed by atoms with Crippen molar-refractivity contribution in [3.8, 4) is 11.5 Å². The van der Waals surface area contributed by atoms with Gasteiger partial charge >= 0.3 is 0 Å². The number of benzene rings is 1. The molecule has 7 heteroatoms. The molecular formula is C14H16ClN3O3. The number of H-pyrrole nitrogens is 1. The van der Waals surface area contributed by atoms with Gasteiger partial charge in [0.05, 0.1) is 25.4 Å². The maximum atomic E-state index is 12.3. The number of aromatic nitrogens is 2. The standard InChI is InChI=1S/C14H16ClN3O3/c1-4-8-7-16-18-13(8)17-14(19)9-5-10(15)12(21-3)11(6-9)20-2/h5-7H,4H2,1-3H3,(H2,16,17,18,19). The highest BCUT2D eigenvalue weighted by molar-refractivity contribution is 6.32. The Kier molecular flexibility index (Phi) is 4.70. The summed E-state index contributed by atoms with van der Waals surface area (Å²) in [5, 5.41) is 9.73. The van der Waals surface area contributed by atoms with Crippen molar-refractivity contribution >= 4 is 23.3 Å². The number of amides is 1. The van der Waals surface area contributed by atoms with Gasteiger partial charge in [-0.2, -0.15) is 5.10 Å². The second-order valence-electron chi connectivity index (χ2n) is 4.27. The fraction of sp³-hybridized carbons (Fsp3) is 0.286. The average Bonchev–Trinajstić information content (AvgIpc) is 2.93. The zero-order chi connectivity index (χ0) is 15.4. The van der Waals surface area contributed by atoms with E-state index in [4.69, 9.17) is 21.1 Å². The van der Waals surface area contributed by atoms with Gasteiger partial charge in [0.1, 0.15) is 5.82 Å². The molecule has 0 fully saturated rings. The number of rotatable bonds is 5. The summed E-state index contributed by atoms with van der Waals surface area (Å²) in [6, 6.07) is 3.10. The van der Waals surface area contributed by atoms with E-state index in [1.54, 1.807) is 12.3 Å². The van der Waals surface area contributed by atoms with Crippen molar-refractivity contribution in [2.24, 2.45) is 0 Å². The number of anilines is 1. The summed E-state index contributed by atoms with van der Waals surface area (Å²) >= 11 is 6.09. The van der Waals surface area contributed by atoms with Crippen LogP contribution < -0.4 is 14.8 Å². The Hall–Kier alpha value is -2.21. The topological polar surface area (TPSA) is 76.2 Å². The van der Waals surface area contributed by atoms with Crippen LogP contribution >= 0.6 is 11.6 Å². The van der Waals surface area contributed by atoms with E-state index < -0.39 is 0 Å². The van der Waals surface area contributed by atoms with Crippen molar-refractivity contribution in [1.29, 1.82) is 0 Å². The molecule has 0 aliphatic rings. The molecular weight excluding hydrogens is 294 g/mol.